The molecule has 0 aliphatic heterocycles. The summed E-state index contributed by atoms with van der Waals surface area (Å²) in [6, 6.07) is 165. The van der Waals surface area contributed by atoms with Crippen molar-refractivity contribution < 1.29 is 8.83 Å². The van der Waals surface area contributed by atoms with Gasteiger partial charge in [-0.1, -0.05) is 376 Å². The molecule has 22 rings (SSSR count). The maximum atomic E-state index is 6.43. The molecule has 0 aliphatic rings. The van der Waals surface area contributed by atoms with Crippen molar-refractivity contribution in [3.63, 3.8) is 0 Å². The normalized spacial score (nSPS) is 11.4. The third-order valence-corrected chi connectivity index (χ3v) is 23.2. The maximum absolute atomic E-state index is 6.43. The summed E-state index contributed by atoms with van der Waals surface area (Å²) >= 11 is 0. The highest BCUT2D eigenvalue weighted by Gasteiger charge is 2.21. The predicted octanol–water partition coefficient (Wildman–Crippen LogP) is 32.6. The van der Waals surface area contributed by atoms with Crippen LogP contribution < -0.4 is 9.80 Å². The average Bonchev–Trinajstić information content (AvgIpc) is 1.67. The van der Waals surface area contributed by atoms with E-state index >= 15 is 0 Å². The Morgan fingerprint density at radius 3 is 0.627 bits per heavy atom. The molecule has 2 heterocycles. The third kappa shape index (κ3) is 13.5. The van der Waals surface area contributed by atoms with Crippen molar-refractivity contribution in [1.29, 1.82) is 0 Å². The number of fused-ring (bicyclic) bond motifs is 9. The fourth-order valence-corrected chi connectivity index (χ4v) is 17.2. The summed E-state index contributed by atoms with van der Waals surface area (Å²) in [5.74, 6) is 0. The Morgan fingerprint density at radius 1 is 0.127 bits per heavy atom. The van der Waals surface area contributed by atoms with Crippen LogP contribution in [0.15, 0.2) is 470 Å². The van der Waals surface area contributed by atoms with Gasteiger partial charge in [0, 0.05) is 66.8 Å². The minimum atomic E-state index is 0.904. The van der Waals surface area contributed by atoms with Crippen LogP contribution in [0.1, 0.15) is 0 Å². The minimum Gasteiger partial charge on any atom is -0.455 e. The van der Waals surface area contributed by atoms with E-state index in [0.29, 0.717) is 0 Å². The van der Waals surface area contributed by atoms with E-state index in [1.54, 1.807) is 0 Å². The zero-order chi connectivity index (χ0) is 78.2. The smallest absolute Gasteiger partial charge is 0.143 e. The van der Waals surface area contributed by atoms with E-state index in [1.807, 2.05) is 24.3 Å². The molecule has 0 amide bonds. The van der Waals surface area contributed by atoms with E-state index in [1.165, 1.54) is 110 Å². The predicted molar refractivity (Wildman–Crippen MR) is 498 cm³/mol. The Morgan fingerprint density at radius 2 is 0.322 bits per heavy atom. The van der Waals surface area contributed by atoms with Crippen LogP contribution in [0.2, 0.25) is 0 Å². The van der Waals surface area contributed by atoms with Gasteiger partial charge in [-0.2, -0.15) is 0 Å². The molecule has 554 valence electrons. The molecule has 0 atom stereocenters. The largest absolute Gasteiger partial charge is 0.455 e. The van der Waals surface area contributed by atoms with Crippen molar-refractivity contribution in [2.24, 2.45) is 0 Å². The second kappa shape index (κ2) is 30.7. The van der Waals surface area contributed by atoms with E-state index in [9.17, 15) is 0 Å². The maximum Gasteiger partial charge on any atom is 0.143 e. The van der Waals surface area contributed by atoms with Crippen LogP contribution in [0.5, 0.6) is 0 Å². The van der Waals surface area contributed by atoms with Crippen LogP contribution >= 0.6 is 0 Å². The highest BCUT2D eigenvalue weighted by Crippen LogP contribution is 2.45. The monoisotopic (exact) mass is 1500 g/mol. The highest BCUT2D eigenvalue weighted by atomic mass is 16.3. The number of anilines is 6. The van der Waals surface area contributed by atoms with Crippen LogP contribution in [0, 0.1) is 0 Å². The van der Waals surface area contributed by atoms with Crippen molar-refractivity contribution in [2.45, 2.75) is 0 Å². The molecular weight excluding hydrogens is 1430 g/mol. The van der Waals surface area contributed by atoms with Gasteiger partial charge in [-0.3, -0.25) is 0 Å². The first kappa shape index (κ1) is 70.3. The zero-order valence-corrected chi connectivity index (χ0v) is 64.6. The van der Waals surface area contributed by atoms with E-state index in [2.05, 4.69) is 447 Å². The Kier molecular flexibility index (Phi) is 18.3. The molecule has 4 heteroatoms. The Bertz CT molecular complexity index is 7220. The molecule has 0 bridgehead atoms. The fourth-order valence-electron chi connectivity index (χ4n) is 17.2. The first-order chi connectivity index (χ1) is 58.5. The van der Waals surface area contributed by atoms with Gasteiger partial charge in [0.25, 0.3) is 0 Å². The lowest BCUT2D eigenvalue weighted by Crippen LogP contribution is -2.09. The number of hydrogen-bond acceptors (Lipinski definition) is 4. The van der Waals surface area contributed by atoms with Crippen molar-refractivity contribution >= 4 is 110 Å². The number of hydrogen-bond donors (Lipinski definition) is 0. The van der Waals surface area contributed by atoms with Gasteiger partial charge in [0.1, 0.15) is 22.3 Å². The second-order valence-electron chi connectivity index (χ2n) is 30.2. The molecule has 0 aliphatic carbocycles. The first-order valence-corrected chi connectivity index (χ1v) is 40.3. The van der Waals surface area contributed by atoms with E-state index in [0.717, 1.165) is 100 Å². The number of para-hydroxylation sites is 4. The molecule has 118 heavy (non-hydrogen) atoms. The topological polar surface area (TPSA) is 32.8 Å². The summed E-state index contributed by atoms with van der Waals surface area (Å²) in [6.07, 6.45) is 0. The number of furan rings is 2. The van der Waals surface area contributed by atoms with E-state index < -0.39 is 0 Å². The van der Waals surface area contributed by atoms with Gasteiger partial charge in [-0.25, -0.2) is 0 Å². The van der Waals surface area contributed by atoms with Crippen molar-refractivity contribution in [1.82, 2.24) is 0 Å². The lowest BCUT2D eigenvalue weighted by Gasteiger charge is -2.26. The Hall–Kier alpha value is -15.6. The zero-order valence-electron chi connectivity index (χ0n) is 64.6. The molecule has 22 aromatic rings. The molecule has 2 aromatic heterocycles. The number of benzene rings is 20. The van der Waals surface area contributed by atoms with Crippen molar-refractivity contribution in [3.05, 3.63) is 461 Å². The molecule has 0 unspecified atom stereocenters. The van der Waals surface area contributed by atoms with Crippen LogP contribution in [-0.2, 0) is 0 Å². The van der Waals surface area contributed by atoms with Crippen LogP contribution in [0.4, 0.5) is 34.1 Å². The van der Waals surface area contributed by atoms with Crippen molar-refractivity contribution in [2.75, 3.05) is 9.80 Å². The quantitative estimate of drug-likeness (QED) is 0.102. The van der Waals surface area contributed by atoms with Crippen LogP contribution in [-0.4, -0.2) is 0 Å². The molecule has 4 nitrogen and oxygen atoms in total. The van der Waals surface area contributed by atoms with E-state index in [-0.39, 0.29) is 0 Å². The van der Waals surface area contributed by atoms with Gasteiger partial charge in [-0.15, -0.1) is 0 Å². The summed E-state index contributed by atoms with van der Waals surface area (Å²) in [5, 5.41) is 12.1. The Labute approximate surface area is 685 Å². The third-order valence-electron chi connectivity index (χ3n) is 23.2. The average molecular weight is 1510 g/mol. The van der Waals surface area contributed by atoms with Gasteiger partial charge in [0.05, 0.1) is 0 Å². The number of rotatable bonds is 15. The molecule has 0 spiro atoms. The summed E-state index contributed by atoms with van der Waals surface area (Å²) < 4.78 is 12.8. The van der Waals surface area contributed by atoms with Crippen LogP contribution in [0.3, 0.4) is 0 Å². The standard InChI is InChI=1S/C62H41NO.C52H35NO/c1-3-14-54-46(10-1)12-7-17-56(54)48-26-22-42(23-27-48)44-30-36-51(37-31-44)63(53-40-34-50(35-41-53)58-19-9-20-60-59-16-5-6-21-61(59)64-62(58)60)52-38-32-45(33-39-52)43-24-28-49(29-25-43)57-18-8-13-47-11-2-4-15-55(47)57;1-2-10-36(11-3-1)37-20-22-38(23-21-37)39-24-30-43(31-25-39)53(44-32-26-41(27-33-44)47-16-8-13-40-12-4-5-14-46(40)47)45-34-28-42(29-35-45)48-17-9-18-50-49-15-6-7-19-51(49)54-52(48)50/h1-41H;1-35H. The van der Waals surface area contributed by atoms with Crippen molar-refractivity contribution in [3.8, 4) is 100 Å². The lowest BCUT2D eigenvalue weighted by molar-refractivity contribution is 0.669. The first-order valence-electron chi connectivity index (χ1n) is 40.3. The molecule has 0 N–H and O–H groups in total. The summed E-state index contributed by atoms with van der Waals surface area (Å²) in [5.41, 5.74) is 31.4. The van der Waals surface area contributed by atoms with Crippen LogP contribution in [0.25, 0.3) is 176 Å². The Balaban J connectivity index is 0.000000149. The van der Waals surface area contributed by atoms with Gasteiger partial charge in [0.15, 0.2) is 0 Å². The molecule has 0 saturated carbocycles. The number of nitrogens with zero attached hydrogens (tertiary/aromatic N) is 2. The summed E-state index contributed by atoms with van der Waals surface area (Å²) in [7, 11) is 0. The molecular formula is C114H76N2O2. The van der Waals surface area contributed by atoms with E-state index in [4.69, 9.17) is 8.83 Å². The van der Waals surface area contributed by atoms with Gasteiger partial charge in [0.2, 0.25) is 0 Å². The van der Waals surface area contributed by atoms with Gasteiger partial charge in [-0.05, 0) is 206 Å². The SMILES string of the molecule is c1ccc(-c2ccc(-c3ccc(N(c4ccc(-c5cccc6ccccc56)cc4)c4ccc(-c5cccc6c5oc5ccccc56)cc4)cc3)cc2)cc1.c1ccc2c(-c3ccc(-c4ccc(N(c5ccc(-c6ccc(-c7cccc8ccccc78)cc6)cc5)c5ccc(-c6cccc7c6oc6ccccc67)cc5)cc4)cc3)cccc2c1. The van der Waals surface area contributed by atoms with Gasteiger partial charge >= 0.3 is 0 Å². The highest BCUT2D eigenvalue weighted by molar-refractivity contribution is 6.11. The minimum absolute atomic E-state index is 0.904. The molecule has 20 aromatic carbocycles. The summed E-state index contributed by atoms with van der Waals surface area (Å²) in [6.45, 7) is 0. The summed E-state index contributed by atoms with van der Waals surface area (Å²) in [4.78, 5) is 4.67. The molecule has 0 radical (unpaired) electrons. The second-order valence-corrected chi connectivity index (χ2v) is 30.2. The van der Waals surface area contributed by atoms with Gasteiger partial charge < -0.3 is 18.6 Å². The fraction of sp³-hybridized carbons (Fsp3) is 0. The molecule has 0 saturated heterocycles. The molecule has 0 fully saturated rings. The lowest BCUT2D eigenvalue weighted by atomic mass is 9.96.